The first kappa shape index (κ1) is 15.4. The monoisotopic (exact) mass is 352 g/mol. The van der Waals surface area contributed by atoms with Gasteiger partial charge in [0.2, 0.25) is 0 Å². The van der Waals surface area contributed by atoms with E-state index in [1.165, 1.54) is 6.07 Å². The molecule has 1 aliphatic rings. The van der Waals surface area contributed by atoms with Gasteiger partial charge in [0.15, 0.2) is 0 Å². The molecule has 0 bridgehead atoms. The Labute approximate surface area is 124 Å². The fourth-order valence-electron chi connectivity index (χ4n) is 2.23. The Morgan fingerprint density at radius 2 is 2.20 bits per heavy atom. The van der Waals surface area contributed by atoms with Crippen LogP contribution in [0.15, 0.2) is 22.7 Å². The van der Waals surface area contributed by atoms with Gasteiger partial charge in [-0.05, 0) is 40.5 Å². The second-order valence-corrected chi connectivity index (χ2v) is 5.52. The first-order chi connectivity index (χ1) is 9.39. The first-order valence-electron chi connectivity index (χ1n) is 6.42. The van der Waals surface area contributed by atoms with Crippen LogP contribution < -0.4 is 15.0 Å². The molecule has 1 saturated heterocycles. The van der Waals surface area contributed by atoms with Crippen molar-refractivity contribution in [1.82, 2.24) is 5.32 Å². The van der Waals surface area contributed by atoms with E-state index >= 15 is 0 Å². The Bertz CT molecular complexity index is 467. The van der Waals surface area contributed by atoms with Gasteiger partial charge < -0.3 is 15.0 Å². The molecular formula is C13H16BrF3N2O. The lowest BCUT2D eigenvalue weighted by Gasteiger charge is -2.35. The van der Waals surface area contributed by atoms with E-state index in [9.17, 15) is 13.2 Å². The van der Waals surface area contributed by atoms with Gasteiger partial charge in [-0.1, -0.05) is 6.92 Å². The number of nitrogens with zero attached hydrogens (tertiary/aromatic N) is 1. The van der Waals surface area contributed by atoms with E-state index in [-0.39, 0.29) is 5.75 Å². The van der Waals surface area contributed by atoms with Gasteiger partial charge in [0.05, 0.1) is 4.47 Å². The van der Waals surface area contributed by atoms with Crippen molar-refractivity contribution in [2.45, 2.75) is 25.7 Å². The van der Waals surface area contributed by atoms with Gasteiger partial charge >= 0.3 is 6.36 Å². The zero-order valence-electron chi connectivity index (χ0n) is 11.0. The number of piperazine rings is 1. The number of anilines is 1. The molecule has 1 aromatic rings. The third-order valence-corrected chi connectivity index (χ3v) is 3.87. The van der Waals surface area contributed by atoms with Gasteiger partial charge in [0, 0.05) is 31.4 Å². The molecule has 3 nitrogen and oxygen atoms in total. The van der Waals surface area contributed by atoms with Crippen LogP contribution in [-0.4, -0.2) is 32.0 Å². The number of hydrogen-bond acceptors (Lipinski definition) is 3. The first-order valence-corrected chi connectivity index (χ1v) is 7.22. The Balaban J connectivity index is 2.12. The van der Waals surface area contributed by atoms with Crippen LogP contribution in [0.3, 0.4) is 0 Å². The van der Waals surface area contributed by atoms with Crippen LogP contribution in [0.25, 0.3) is 0 Å². The number of halogens is 4. The summed E-state index contributed by atoms with van der Waals surface area (Å²) in [7, 11) is 0. The third-order valence-electron chi connectivity index (χ3n) is 3.25. The van der Waals surface area contributed by atoms with Crippen LogP contribution in [0.2, 0.25) is 0 Å². The van der Waals surface area contributed by atoms with Crippen LogP contribution in [0.5, 0.6) is 5.75 Å². The Morgan fingerprint density at radius 3 is 2.80 bits per heavy atom. The fraction of sp³-hybridized carbons (Fsp3) is 0.538. The molecule has 20 heavy (non-hydrogen) atoms. The van der Waals surface area contributed by atoms with E-state index in [2.05, 4.69) is 37.8 Å². The van der Waals surface area contributed by atoms with E-state index in [1.54, 1.807) is 12.1 Å². The van der Waals surface area contributed by atoms with Crippen LogP contribution in [0.4, 0.5) is 18.9 Å². The molecule has 0 spiro atoms. The van der Waals surface area contributed by atoms with E-state index in [0.29, 0.717) is 10.5 Å². The van der Waals surface area contributed by atoms with Crippen molar-refractivity contribution >= 4 is 21.6 Å². The quantitative estimate of drug-likeness (QED) is 0.900. The van der Waals surface area contributed by atoms with Crippen molar-refractivity contribution in [3.05, 3.63) is 22.7 Å². The molecule has 0 amide bonds. The zero-order valence-corrected chi connectivity index (χ0v) is 12.6. The average Bonchev–Trinajstić information content (AvgIpc) is 2.40. The van der Waals surface area contributed by atoms with Crippen molar-refractivity contribution in [1.29, 1.82) is 0 Å². The molecule has 0 aliphatic carbocycles. The number of nitrogens with one attached hydrogen (secondary N) is 1. The molecule has 1 atom stereocenters. The highest BCUT2D eigenvalue weighted by molar-refractivity contribution is 9.10. The second-order valence-electron chi connectivity index (χ2n) is 4.67. The zero-order chi connectivity index (χ0) is 14.8. The maximum absolute atomic E-state index is 12.2. The van der Waals surface area contributed by atoms with Crippen molar-refractivity contribution in [2.24, 2.45) is 0 Å². The van der Waals surface area contributed by atoms with Gasteiger partial charge in [-0.3, -0.25) is 0 Å². The minimum absolute atomic E-state index is 0.219. The molecule has 1 unspecified atom stereocenters. The van der Waals surface area contributed by atoms with Gasteiger partial charge in [0.1, 0.15) is 5.75 Å². The highest BCUT2D eigenvalue weighted by Crippen LogP contribution is 2.33. The normalized spacial score (nSPS) is 20.1. The minimum Gasteiger partial charge on any atom is -0.405 e. The summed E-state index contributed by atoms with van der Waals surface area (Å²) in [5, 5.41) is 3.40. The van der Waals surface area contributed by atoms with Gasteiger partial charge in [-0.25, -0.2) is 0 Å². The maximum atomic E-state index is 12.2. The summed E-state index contributed by atoms with van der Waals surface area (Å²) in [6.07, 6.45) is -3.65. The lowest BCUT2D eigenvalue weighted by molar-refractivity contribution is -0.274. The largest absolute Gasteiger partial charge is 0.573 e. The van der Waals surface area contributed by atoms with Crippen molar-refractivity contribution < 1.29 is 17.9 Å². The molecule has 0 saturated carbocycles. The standard InChI is InChI=1S/C13H16BrF3N2O/c1-2-9-8-19(6-5-18-9)10-3-4-12(11(14)7-10)20-13(15,16)17/h3-4,7,9,18H,2,5-6,8H2,1H3. The summed E-state index contributed by atoms with van der Waals surface area (Å²) in [6, 6.07) is 5.08. The summed E-state index contributed by atoms with van der Waals surface area (Å²) in [5.74, 6) is -0.219. The van der Waals surface area contributed by atoms with Crippen molar-refractivity contribution in [3.8, 4) is 5.75 Å². The van der Waals surface area contributed by atoms with Crippen LogP contribution in [0, 0.1) is 0 Å². The van der Waals surface area contributed by atoms with Crippen LogP contribution >= 0.6 is 15.9 Å². The molecule has 112 valence electrons. The SMILES string of the molecule is CCC1CN(c2ccc(OC(F)(F)F)c(Br)c2)CCN1. The lowest BCUT2D eigenvalue weighted by Crippen LogP contribution is -2.50. The number of alkyl halides is 3. The topological polar surface area (TPSA) is 24.5 Å². The summed E-state index contributed by atoms with van der Waals surface area (Å²) in [6.45, 7) is 4.67. The van der Waals surface area contributed by atoms with Gasteiger partial charge in [0.25, 0.3) is 0 Å². The van der Waals surface area contributed by atoms with Gasteiger partial charge in [-0.15, -0.1) is 13.2 Å². The van der Waals surface area contributed by atoms with Crippen LogP contribution in [0.1, 0.15) is 13.3 Å². The maximum Gasteiger partial charge on any atom is 0.573 e. The Kier molecular flexibility index (Phi) is 4.80. The summed E-state index contributed by atoms with van der Waals surface area (Å²) in [5.41, 5.74) is 0.895. The minimum atomic E-state index is -4.67. The Morgan fingerprint density at radius 1 is 1.45 bits per heavy atom. The van der Waals surface area contributed by atoms with E-state index in [0.717, 1.165) is 31.7 Å². The molecule has 1 aromatic carbocycles. The predicted molar refractivity (Wildman–Crippen MR) is 75.1 cm³/mol. The van der Waals surface area contributed by atoms with Crippen LogP contribution in [-0.2, 0) is 0 Å². The van der Waals surface area contributed by atoms with E-state index in [1.807, 2.05) is 0 Å². The second kappa shape index (κ2) is 6.22. The summed E-state index contributed by atoms with van der Waals surface area (Å²) < 4.78 is 40.9. The average molecular weight is 353 g/mol. The molecular weight excluding hydrogens is 337 g/mol. The molecule has 1 N–H and O–H groups in total. The number of rotatable bonds is 3. The molecule has 1 fully saturated rings. The number of benzene rings is 1. The highest BCUT2D eigenvalue weighted by atomic mass is 79.9. The fourth-order valence-corrected chi connectivity index (χ4v) is 2.67. The van der Waals surface area contributed by atoms with Crippen molar-refractivity contribution in [2.75, 3.05) is 24.5 Å². The van der Waals surface area contributed by atoms with E-state index in [4.69, 9.17) is 0 Å². The Hall–Kier alpha value is -0.950. The summed E-state index contributed by atoms with van der Waals surface area (Å²) >= 11 is 3.13. The van der Waals surface area contributed by atoms with Crippen molar-refractivity contribution in [3.63, 3.8) is 0 Å². The number of hydrogen-bond donors (Lipinski definition) is 1. The number of ether oxygens (including phenoxy) is 1. The summed E-state index contributed by atoms with van der Waals surface area (Å²) in [4.78, 5) is 2.16. The highest BCUT2D eigenvalue weighted by Gasteiger charge is 2.32. The molecule has 0 aromatic heterocycles. The van der Waals surface area contributed by atoms with Gasteiger partial charge in [-0.2, -0.15) is 0 Å². The smallest absolute Gasteiger partial charge is 0.405 e. The lowest BCUT2D eigenvalue weighted by atomic mass is 10.1. The molecule has 7 heteroatoms. The third kappa shape index (κ3) is 4.02. The molecule has 2 rings (SSSR count). The van der Waals surface area contributed by atoms with E-state index < -0.39 is 6.36 Å². The molecule has 0 radical (unpaired) electrons. The molecule has 1 heterocycles. The molecule has 1 aliphatic heterocycles. The predicted octanol–water partition coefficient (Wildman–Crippen LogP) is 3.54.